The lowest BCUT2D eigenvalue weighted by Crippen LogP contribution is -2.17. The molecule has 0 amide bonds. The van der Waals surface area contributed by atoms with Crippen molar-refractivity contribution in [1.29, 1.82) is 0 Å². The van der Waals surface area contributed by atoms with Gasteiger partial charge in [0.2, 0.25) is 0 Å². The minimum Gasteiger partial charge on any atom is -0.325 e. The molecule has 2 N–H and O–H groups in total. The molecule has 0 aliphatic heterocycles. The van der Waals surface area contributed by atoms with Crippen molar-refractivity contribution in [2.45, 2.75) is 39.0 Å². The number of hydrogen-bond acceptors (Lipinski definition) is 2. The monoisotopic (exact) mass is 304 g/mol. The van der Waals surface area contributed by atoms with Gasteiger partial charge in [-0.2, -0.15) is 0 Å². The second kappa shape index (κ2) is 13.9. The SMILES string of the molecule is CCCCCCN=C(CN)Cc1ccccc1.Cl.Cl. The molecule has 2 nitrogen and oxygen atoms in total. The molecule has 19 heavy (non-hydrogen) atoms. The zero-order chi connectivity index (χ0) is 12.3. The van der Waals surface area contributed by atoms with E-state index in [0.29, 0.717) is 6.54 Å². The Labute approximate surface area is 129 Å². The van der Waals surface area contributed by atoms with Crippen LogP contribution < -0.4 is 5.73 Å². The van der Waals surface area contributed by atoms with Crippen molar-refractivity contribution in [2.24, 2.45) is 10.7 Å². The van der Waals surface area contributed by atoms with Crippen LogP contribution in [-0.4, -0.2) is 18.8 Å². The summed E-state index contributed by atoms with van der Waals surface area (Å²) in [5, 5.41) is 0. The number of unbranched alkanes of at least 4 members (excludes halogenated alkanes) is 3. The van der Waals surface area contributed by atoms with Crippen LogP contribution >= 0.6 is 24.8 Å². The molecule has 0 aliphatic rings. The topological polar surface area (TPSA) is 38.4 Å². The molecule has 4 heteroatoms. The van der Waals surface area contributed by atoms with Crippen LogP contribution in [0.15, 0.2) is 35.3 Å². The van der Waals surface area contributed by atoms with Crippen LogP contribution in [0.25, 0.3) is 0 Å². The van der Waals surface area contributed by atoms with Crippen LogP contribution in [0.3, 0.4) is 0 Å². The zero-order valence-electron chi connectivity index (χ0n) is 11.7. The third-order valence-corrected chi connectivity index (χ3v) is 2.83. The van der Waals surface area contributed by atoms with Crippen molar-refractivity contribution in [3.05, 3.63) is 35.9 Å². The lowest BCUT2D eigenvalue weighted by Gasteiger charge is -2.04. The normalized spacial score (nSPS) is 10.5. The quantitative estimate of drug-likeness (QED) is 0.571. The first-order valence-corrected chi connectivity index (χ1v) is 6.63. The Morgan fingerprint density at radius 2 is 1.74 bits per heavy atom. The molecule has 0 heterocycles. The van der Waals surface area contributed by atoms with Gasteiger partial charge in [-0.3, -0.25) is 4.99 Å². The number of hydrogen-bond donors (Lipinski definition) is 1. The van der Waals surface area contributed by atoms with Crippen LogP contribution in [0.5, 0.6) is 0 Å². The van der Waals surface area contributed by atoms with Crippen LogP contribution in [0.1, 0.15) is 38.2 Å². The van der Waals surface area contributed by atoms with Crippen molar-refractivity contribution in [2.75, 3.05) is 13.1 Å². The summed E-state index contributed by atoms with van der Waals surface area (Å²) in [4.78, 5) is 4.60. The number of aliphatic imine (C=N–C) groups is 1. The third kappa shape index (κ3) is 9.94. The largest absolute Gasteiger partial charge is 0.325 e. The summed E-state index contributed by atoms with van der Waals surface area (Å²) < 4.78 is 0. The van der Waals surface area contributed by atoms with Gasteiger partial charge in [0.05, 0.1) is 0 Å². The fraction of sp³-hybridized carbons (Fsp3) is 0.533. The predicted octanol–water partition coefficient (Wildman–Crippen LogP) is 4.05. The standard InChI is InChI=1S/C15H24N2.2ClH/c1-2-3-4-8-11-17-15(13-16)12-14-9-6-5-7-10-14;;/h5-7,9-10H,2-4,8,11-13,16H2,1H3;2*1H. The highest BCUT2D eigenvalue weighted by Crippen LogP contribution is 2.02. The first-order valence-electron chi connectivity index (χ1n) is 6.63. The Morgan fingerprint density at radius 1 is 1.05 bits per heavy atom. The van der Waals surface area contributed by atoms with Gasteiger partial charge in [0.15, 0.2) is 0 Å². The lowest BCUT2D eigenvalue weighted by molar-refractivity contribution is 0.674. The van der Waals surface area contributed by atoms with E-state index in [-0.39, 0.29) is 24.8 Å². The van der Waals surface area contributed by atoms with Gasteiger partial charge in [0.25, 0.3) is 0 Å². The molecule has 0 radical (unpaired) electrons. The average molecular weight is 305 g/mol. The highest BCUT2D eigenvalue weighted by Gasteiger charge is 1.98. The smallest absolute Gasteiger partial charge is 0.0389 e. The molecule has 110 valence electrons. The van der Waals surface area contributed by atoms with E-state index in [1.54, 1.807) is 0 Å². The highest BCUT2D eigenvalue weighted by atomic mass is 35.5. The van der Waals surface area contributed by atoms with Gasteiger partial charge in [0, 0.05) is 25.2 Å². The number of benzene rings is 1. The van der Waals surface area contributed by atoms with E-state index < -0.39 is 0 Å². The molecule has 0 fully saturated rings. The van der Waals surface area contributed by atoms with E-state index in [0.717, 1.165) is 18.7 Å². The van der Waals surface area contributed by atoms with Crippen LogP contribution in [-0.2, 0) is 6.42 Å². The molecular formula is C15H26Cl2N2. The van der Waals surface area contributed by atoms with Crippen LogP contribution in [0, 0.1) is 0 Å². The van der Waals surface area contributed by atoms with E-state index >= 15 is 0 Å². The van der Waals surface area contributed by atoms with Crippen molar-refractivity contribution >= 4 is 30.5 Å². The highest BCUT2D eigenvalue weighted by molar-refractivity contribution is 5.88. The molecule has 1 aromatic carbocycles. The summed E-state index contributed by atoms with van der Waals surface area (Å²) in [6.07, 6.45) is 5.95. The molecule has 0 spiro atoms. The van der Waals surface area contributed by atoms with Crippen molar-refractivity contribution < 1.29 is 0 Å². The number of rotatable bonds is 8. The van der Waals surface area contributed by atoms with Crippen molar-refractivity contribution in [3.63, 3.8) is 0 Å². The Kier molecular flexibility index (Phi) is 15.1. The van der Waals surface area contributed by atoms with E-state index in [1.165, 1.54) is 31.2 Å². The fourth-order valence-corrected chi connectivity index (χ4v) is 1.80. The second-order valence-corrected chi connectivity index (χ2v) is 4.38. The molecule has 1 aromatic rings. The molecule has 0 saturated heterocycles. The fourth-order valence-electron chi connectivity index (χ4n) is 1.80. The summed E-state index contributed by atoms with van der Waals surface area (Å²) in [6, 6.07) is 10.4. The number of halogens is 2. The summed E-state index contributed by atoms with van der Waals surface area (Å²) >= 11 is 0. The summed E-state index contributed by atoms with van der Waals surface area (Å²) in [6.45, 7) is 3.73. The maximum atomic E-state index is 5.73. The van der Waals surface area contributed by atoms with Gasteiger partial charge in [-0.1, -0.05) is 56.5 Å². The Balaban J connectivity index is 0. The van der Waals surface area contributed by atoms with Crippen LogP contribution in [0.2, 0.25) is 0 Å². The zero-order valence-corrected chi connectivity index (χ0v) is 13.3. The van der Waals surface area contributed by atoms with Gasteiger partial charge in [0.1, 0.15) is 0 Å². The first kappa shape index (κ1) is 20.7. The van der Waals surface area contributed by atoms with Crippen molar-refractivity contribution in [3.8, 4) is 0 Å². The molecular weight excluding hydrogens is 279 g/mol. The average Bonchev–Trinajstić information content (AvgIpc) is 2.38. The first-order chi connectivity index (χ1) is 8.36. The number of nitrogens with zero attached hydrogens (tertiary/aromatic N) is 1. The maximum Gasteiger partial charge on any atom is 0.0389 e. The molecule has 0 unspecified atom stereocenters. The Hall–Kier alpha value is -0.570. The minimum absolute atomic E-state index is 0. The van der Waals surface area contributed by atoms with Gasteiger partial charge in [-0.25, -0.2) is 0 Å². The Morgan fingerprint density at radius 3 is 2.32 bits per heavy atom. The van der Waals surface area contributed by atoms with E-state index in [1.807, 2.05) is 6.07 Å². The second-order valence-electron chi connectivity index (χ2n) is 4.38. The number of nitrogens with two attached hydrogens (primary N) is 1. The molecule has 0 aromatic heterocycles. The maximum absolute atomic E-state index is 5.73. The summed E-state index contributed by atoms with van der Waals surface area (Å²) in [5.41, 5.74) is 8.15. The minimum atomic E-state index is 0. The van der Waals surface area contributed by atoms with E-state index in [4.69, 9.17) is 5.73 Å². The molecule has 0 atom stereocenters. The molecule has 0 saturated carbocycles. The molecule has 0 aliphatic carbocycles. The van der Waals surface area contributed by atoms with Gasteiger partial charge >= 0.3 is 0 Å². The van der Waals surface area contributed by atoms with Gasteiger partial charge < -0.3 is 5.73 Å². The lowest BCUT2D eigenvalue weighted by atomic mass is 10.1. The van der Waals surface area contributed by atoms with Gasteiger partial charge in [-0.05, 0) is 12.0 Å². The van der Waals surface area contributed by atoms with Crippen LogP contribution in [0.4, 0.5) is 0 Å². The van der Waals surface area contributed by atoms with E-state index in [2.05, 4.69) is 36.2 Å². The third-order valence-electron chi connectivity index (χ3n) is 2.83. The van der Waals surface area contributed by atoms with E-state index in [9.17, 15) is 0 Å². The molecule has 0 bridgehead atoms. The summed E-state index contributed by atoms with van der Waals surface area (Å²) in [7, 11) is 0. The summed E-state index contributed by atoms with van der Waals surface area (Å²) in [5.74, 6) is 0. The van der Waals surface area contributed by atoms with Gasteiger partial charge in [-0.15, -0.1) is 24.8 Å². The van der Waals surface area contributed by atoms with Crippen molar-refractivity contribution in [1.82, 2.24) is 0 Å². The predicted molar refractivity (Wildman–Crippen MR) is 90.1 cm³/mol. The molecule has 1 rings (SSSR count). The Bertz CT molecular complexity index is 326.